The van der Waals surface area contributed by atoms with Crippen LogP contribution in [0.15, 0.2) is 48.5 Å². The van der Waals surface area contributed by atoms with Crippen LogP contribution in [-0.4, -0.2) is 35.8 Å². The van der Waals surface area contributed by atoms with Gasteiger partial charge in [0.2, 0.25) is 0 Å². The number of hydrogen-bond donors (Lipinski definition) is 0. The van der Waals surface area contributed by atoms with Crippen LogP contribution in [-0.2, 0) is 20.0 Å². The molecule has 2 heterocycles. The van der Waals surface area contributed by atoms with E-state index in [1.165, 1.54) is 15.4 Å². The first-order valence-corrected chi connectivity index (χ1v) is 12.1. The van der Waals surface area contributed by atoms with Crippen LogP contribution >= 0.6 is 19.9 Å². The second kappa shape index (κ2) is 8.39. The maximum atomic E-state index is 13.3. The van der Waals surface area contributed by atoms with E-state index in [4.69, 9.17) is 18.5 Å². The average molecular weight is 464 g/mol. The molecule has 0 spiro atoms. The van der Waals surface area contributed by atoms with E-state index >= 15 is 0 Å². The van der Waals surface area contributed by atoms with E-state index in [0.717, 1.165) is 24.1 Å². The number of para-hydroxylation sites is 2. The number of benzene rings is 2. The zero-order valence-electron chi connectivity index (χ0n) is 17.8. The van der Waals surface area contributed by atoms with Crippen LogP contribution in [0.2, 0.25) is 0 Å². The zero-order valence-corrected chi connectivity index (χ0v) is 19.5. The van der Waals surface area contributed by atoms with Gasteiger partial charge in [-0.25, -0.2) is 17.7 Å². The van der Waals surface area contributed by atoms with Crippen molar-refractivity contribution in [1.29, 1.82) is 0 Å². The molecule has 1 fully saturated rings. The molecule has 1 amide bonds. The Morgan fingerprint density at radius 3 is 2.61 bits per heavy atom. The van der Waals surface area contributed by atoms with Gasteiger partial charge in [0.15, 0.2) is 11.5 Å². The minimum absolute atomic E-state index is 0.207. The summed E-state index contributed by atoms with van der Waals surface area (Å²) in [6, 6.07) is 14.5. The normalized spacial score (nSPS) is 23.7. The predicted octanol–water partition coefficient (Wildman–Crippen LogP) is 5.44. The molecule has 1 saturated heterocycles. The maximum Gasteiger partial charge on any atom is 0.447 e. The summed E-state index contributed by atoms with van der Waals surface area (Å²) in [7, 11) is -2.11. The van der Waals surface area contributed by atoms with E-state index in [1.807, 2.05) is 32.0 Å². The Hall–Kier alpha value is -2.19. The molecule has 8 nitrogen and oxygen atoms in total. The quantitative estimate of drug-likeness (QED) is 0.427. The number of carbonyl (C=O) groups is 1. The fourth-order valence-corrected chi connectivity index (χ4v) is 6.42. The van der Waals surface area contributed by atoms with Crippen LogP contribution in [0.4, 0.5) is 10.5 Å². The van der Waals surface area contributed by atoms with E-state index in [2.05, 4.69) is 0 Å². The molecule has 166 valence electrons. The lowest BCUT2D eigenvalue weighted by Gasteiger charge is -2.29. The molecule has 0 aliphatic carbocycles. The lowest BCUT2D eigenvalue weighted by atomic mass is 10.0. The van der Waals surface area contributed by atoms with Crippen molar-refractivity contribution in [3.63, 3.8) is 0 Å². The van der Waals surface area contributed by atoms with Gasteiger partial charge in [0.1, 0.15) is 5.60 Å². The Morgan fingerprint density at radius 1 is 1.19 bits per heavy atom. The lowest BCUT2D eigenvalue weighted by Crippen LogP contribution is -2.29. The molecule has 0 saturated carbocycles. The van der Waals surface area contributed by atoms with Crippen molar-refractivity contribution in [3.8, 4) is 11.5 Å². The zero-order chi connectivity index (χ0) is 22.2. The first-order valence-electron chi connectivity index (χ1n) is 9.90. The lowest BCUT2D eigenvalue weighted by molar-refractivity contribution is 0.132. The largest absolute Gasteiger partial charge is 0.483 e. The highest BCUT2D eigenvalue weighted by Gasteiger charge is 2.44. The molecular weight excluding hydrogens is 439 g/mol. The molecule has 0 N–H and O–H groups in total. The molecule has 2 aromatic rings. The molecule has 2 unspecified atom stereocenters. The molecule has 0 bridgehead atoms. The number of amides is 1. The van der Waals surface area contributed by atoms with E-state index in [-0.39, 0.29) is 18.3 Å². The third kappa shape index (κ3) is 4.70. The first kappa shape index (κ1) is 22.0. The van der Waals surface area contributed by atoms with E-state index in [0.29, 0.717) is 17.2 Å². The van der Waals surface area contributed by atoms with Gasteiger partial charge >= 0.3 is 13.8 Å². The highest BCUT2D eigenvalue weighted by molar-refractivity contribution is 8.04. The Labute approximate surface area is 186 Å². The number of rotatable bonds is 5. The summed E-state index contributed by atoms with van der Waals surface area (Å²) in [6.07, 6.45) is -0.232. The first-order chi connectivity index (χ1) is 14.7. The van der Waals surface area contributed by atoms with Gasteiger partial charge < -0.3 is 9.47 Å². The second-order valence-electron chi connectivity index (χ2n) is 8.02. The summed E-state index contributed by atoms with van der Waals surface area (Å²) >= 11 is 0.895. The van der Waals surface area contributed by atoms with E-state index in [1.54, 1.807) is 37.3 Å². The van der Waals surface area contributed by atoms with Gasteiger partial charge in [-0.05, 0) is 39.0 Å². The van der Waals surface area contributed by atoms with Crippen LogP contribution in [0.1, 0.15) is 26.3 Å². The topological polar surface area (TPSA) is 77.5 Å². The van der Waals surface area contributed by atoms with E-state index < -0.39 is 13.8 Å². The van der Waals surface area contributed by atoms with Crippen molar-refractivity contribution in [2.75, 3.05) is 17.7 Å². The van der Waals surface area contributed by atoms with Crippen molar-refractivity contribution >= 4 is 31.7 Å². The van der Waals surface area contributed by atoms with Crippen LogP contribution in [0.5, 0.6) is 11.5 Å². The van der Waals surface area contributed by atoms with Crippen LogP contribution < -0.4 is 13.5 Å². The molecule has 10 heteroatoms. The smallest absolute Gasteiger partial charge is 0.447 e. The number of carbonyl (C=O) groups excluding carboxylic acids is 1. The monoisotopic (exact) mass is 464 g/mol. The van der Waals surface area contributed by atoms with Gasteiger partial charge in [0, 0.05) is 19.0 Å². The van der Waals surface area contributed by atoms with Crippen molar-refractivity contribution in [1.82, 2.24) is 4.31 Å². The molecular formula is C21H25N2O6PS. The molecule has 4 rings (SSSR count). The minimum atomic E-state index is -3.64. The molecule has 31 heavy (non-hydrogen) atoms. The van der Waals surface area contributed by atoms with Gasteiger partial charge in [0.05, 0.1) is 30.5 Å². The van der Waals surface area contributed by atoms with E-state index in [9.17, 15) is 9.36 Å². The van der Waals surface area contributed by atoms with Gasteiger partial charge in [-0.15, -0.1) is 0 Å². The maximum absolute atomic E-state index is 13.3. The SMILES string of the molecule is CC1COP(=O)(N(SN(C)C(=O)Oc2cccc3c2OC(C)(C)C3)c2ccccc2)O1. The predicted molar refractivity (Wildman–Crippen MR) is 119 cm³/mol. The summed E-state index contributed by atoms with van der Waals surface area (Å²) in [6.45, 7) is 5.96. The van der Waals surface area contributed by atoms with Crippen molar-refractivity contribution in [2.24, 2.45) is 0 Å². The molecule has 2 aliphatic rings. The summed E-state index contributed by atoms with van der Waals surface area (Å²) < 4.78 is 38.6. The van der Waals surface area contributed by atoms with Gasteiger partial charge in [-0.1, -0.05) is 30.3 Å². The number of ether oxygens (including phenoxy) is 2. The third-order valence-electron chi connectivity index (χ3n) is 4.69. The number of anilines is 1. The van der Waals surface area contributed by atoms with Crippen molar-refractivity contribution in [2.45, 2.75) is 38.9 Å². The van der Waals surface area contributed by atoms with Gasteiger partial charge in [-0.3, -0.25) is 9.05 Å². The highest BCUT2D eigenvalue weighted by atomic mass is 32.2. The fourth-order valence-electron chi connectivity index (χ4n) is 3.35. The number of fused-ring (bicyclic) bond motifs is 1. The Balaban J connectivity index is 1.52. The minimum Gasteiger partial charge on any atom is -0.483 e. The Morgan fingerprint density at radius 2 is 1.94 bits per heavy atom. The molecule has 0 radical (unpaired) electrons. The standard InChI is InChI=1S/C21H25N2O6PS/c1-15-14-26-30(25,29-15)23(17-10-6-5-7-11-17)31-22(4)20(24)27-18-12-8-9-16-13-21(2,3)28-19(16)18/h5-12,15H,13-14H2,1-4H3. The third-order valence-corrected chi connectivity index (χ3v) is 8.05. The Kier molecular flexibility index (Phi) is 5.96. The average Bonchev–Trinajstić information content (AvgIpc) is 3.24. The molecule has 2 atom stereocenters. The number of hydrogen-bond acceptors (Lipinski definition) is 7. The summed E-state index contributed by atoms with van der Waals surface area (Å²) in [5, 5.41) is 0. The summed E-state index contributed by atoms with van der Waals surface area (Å²) in [4.78, 5) is 12.9. The molecule has 2 aromatic carbocycles. The van der Waals surface area contributed by atoms with Gasteiger partial charge in [0.25, 0.3) is 0 Å². The van der Waals surface area contributed by atoms with Crippen LogP contribution in [0.25, 0.3) is 0 Å². The summed E-state index contributed by atoms with van der Waals surface area (Å²) in [5.74, 6) is 0.920. The van der Waals surface area contributed by atoms with Crippen LogP contribution in [0.3, 0.4) is 0 Å². The number of nitrogens with zero attached hydrogens (tertiary/aromatic N) is 2. The summed E-state index contributed by atoms with van der Waals surface area (Å²) in [5.41, 5.74) is 1.21. The molecule has 0 aromatic heterocycles. The van der Waals surface area contributed by atoms with Crippen LogP contribution in [0, 0.1) is 0 Å². The Bertz CT molecular complexity index is 1020. The van der Waals surface area contributed by atoms with Crippen molar-refractivity contribution < 1.29 is 27.9 Å². The van der Waals surface area contributed by atoms with Gasteiger partial charge in [-0.2, -0.15) is 0 Å². The van der Waals surface area contributed by atoms with Crippen molar-refractivity contribution in [3.05, 3.63) is 54.1 Å². The molecule has 2 aliphatic heterocycles. The second-order valence-corrected chi connectivity index (χ2v) is 11.2. The highest BCUT2D eigenvalue weighted by Crippen LogP contribution is 2.61. The fraction of sp³-hybridized carbons (Fsp3) is 0.381.